The van der Waals surface area contributed by atoms with Gasteiger partial charge < -0.3 is 15.0 Å². The number of nitrogens with two attached hydrogens (primary N) is 1. The maximum absolute atomic E-state index is 13.7. The summed E-state index contributed by atoms with van der Waals surface area (Å²) < 4.78 is 35.4. The van der Waals surface area contributed by atoms with Crippen LogP contribution in [0, 0.1) is 5.92 Å². The van der Waals surface area contributed by atoms with Crippen molar-refractivity contribution in [3.63, 3.8) is 0 Å². The Labute approximate surface area is 204 Å². The van der Waals surface area contributed by atoms with Crippen LogP contribution in [0.15, 0.2) is 60.0 Å². The molecule has 2 aromatic heterocycles. The van der Waals surface area contributed by atoms with Gasteiger partial charge in [-0.1, -0.05) is 12.7 Å². The number of ether oxygens (including phenoxy) is 1. The van der Waals surface area contributed by atoms with Crippen molar-refractivity contribution >= 4 is 22.4 Å². The molecule has 2 aliphatic carbocycles. The SMILES string of the molecule is C=C1CC2=CCC(c3cn(CC4CCC(F)(F)CC4)c4cc(C(C(C)=O)=C(C)N)cnc34)C=C2O1. The van der Waals surface area contributed by atoms with Gasteiger partial charge in [0.05, 0.1) is 11.0 Å². The predicted molar refractivity (Wildman–Crippen MR) is 132 cm³/mol. The van der Waals surface area contributed by atoms with Gasteiger partial charge in [-0.2, -0.15) is 0 Å². The Hall–Kier alpha value is -3.22. The molecule has 1 atom stereocenters. The second-order valence-electron chi connectivity index (χ2n) is 10.2. The molecule has 7 heteroatoms. The van der Waals surface area contributed by atoms with Crippen LogP contribution in [0.5, 0.6) is 0 Å². The summed E-state index contributed by atoms with van der Waals surface area (Å²) in [6.45, 7) is 7.78. The standard InChI is InChI=1S/C28H31F2N3O2/c1-16-10-21-5-4-20(12-25(21)35-16)23-15-33(14-19-6-8-28(29,30)9-7-19)24-11-22(13-32-27(23)24)26(17(2)31)18(3)34/h5,11-13,15,19-20H,1,4,6-10,14,31H2,2-3H3. The molecule has 35 heavy (non-hydrogen) atoms. The minimum absolute atomic E-state index is 0.0691. The average Bonchev–Trinajstić information content (AvgIpc) is 3.33. The van der Waals surface area contributed by atoms with Crippen molar-refractivity contribution in [3.05, 3.63) is 71.1 Å². The van der Waals surface area contributed by atoms with Gasteiger partial charge >= 0.3 is 0 Å². The van der Waals surface area contributed by atoms with Gasteiger partial charge in [-0.3, -0.25) is 9.78 Å². The van der Waals surface area contributed by atoms with Crippen LogP contribution in [0.3, 0.4) is 0 Å². The maximum atomic E-state index is 13.7. The minimum atomic E-state index is -2.56. The summed E-state index contributed by atoms with van der Waals surface area (Å²) in [5, 5.41) is 0. The van der Waals surface area contributed by atoms with Crippen LogP contribution in [-0.2, 0) is 16.1 Å². The smallest absolute Gasteiger partial charge is 0.248 e. The summed E-state index contributed by atoms with van der Waals surface area (Å²) in [7, 11) is 0. The van der Waals surface area contributed by atoms with Gasteiger partial charge in [0.25, 0.3) is 0 Å². The van der Waals surface area contributed by atoms with Crippen molar-refractivity contribution in [2.24, 2.45) is 11.7 Å². The third kappa shape index (κ3) is 4.56. The Bertz CT molecular complexity index is 1300. The summed E-state index contributed by atoms with van der Waals surface area (Å²) in [6.07, 6.45) is 10.6. The summed E-state index contributed by atoms with van der Waals surface area (Å²) in [4.78, 5) is 17.1. The number of ketones is 1. The fourth-order valence-corrected chi connectivity index (χ4v) is 5.63. The Morgan fingerprint density at radius 1 is 1.31 bits per heavy atom. The number of alkyl halides is 2. The number of nitrogens with zero attached hydrogens (tertiary/aromatic N) is 2. The van der Waals surface area contributed by atoms with Crippen LogP contribution in [0.25, 0.3) is 16.6 Å². The normalized spacial score (nSPS) is 22.9. The van der Waals surface area contributed by atoms with Crippen LogP contribution < -0.4 is 5.73 Å². The number of allylic oxidation sites excluding steroid dienone is 6. The number of halogens is 2. The van der Waals surface area contributed by atoms with Gasteiger partial charge in [0.2, 0.25) is 5.92 Å². The molecule has 1 saturated heterocycles. The largest absolute Gasteiger partial charge is 0.462 e. The Kier molecular flexibility index (Phi) is 5.90. The molecule has 0 amide bonds. The minimum Gasteiger partial charge on any atom is -0.462 e. The second-order valence-corrected chi connectivity index (χ2v) is 10.2. The monoisotopic (exact) mass is 479 g/mol. The fraction of sp³-hybridized carbons (Fsp3) is 0.429. The number of hydrogen-bond acceptors (Lipinski definition) is 4. The highest BCUT2D eigenvalue weighted by Crippen LogP contribution is 2.42. The number of fused-ring (bicyclic) bond motifs is 2. The number of pyridine rings is 1. The van der Waals surface area contributed by atoms with Crippen molar-refractivity contribution in [2.45, 2.75) is 70.8 Å². The first-order valence-electron chi connectivity index (χ1n) is 12.2. The van der Waals surface area contributed by atoms with Gasteiger partial charge in [-0.25, -0.2) is 8.78 Å². The molecule has 184 valence electrons. The number of carbonyl (C=O) groups is 1. The van der Waals surface area contributed by atoms with E-state index in [1.54, 1.807) is 13.1 Å². The van der Waals surface area contributed by atoms with Gasteiger partial charge in [0, 0.05) is 66.5 Å². The van der Waals surface area contributed by atoms with Gasteiger partial charge in [0.15, 0.2) is 5.78 Å². The van der Waals surface area contributed by atoms with E-state index in [-0.39, 0.29) is 30.5 Å². The van der Waals surface area contributed by atoms with E-state index in [0.717, 1.165) is 41.0 Å². The van der Waals surface area contributed by atoms with Gasteiger partial charge in [-0.05, 0) is 56.7 Å². The third-order valence-electron chi connectivity index (χ3n) is 7.40. The number of aromatic nitrogens is 2. The van der Waals surface area contributed by atoms with Crippen LogP contribution in [0.2, 0.25) is 0 Å². The highest BCUT2D eigenvalue weighted by molar-refractivity contribution is 6.20. The fourth-order valence-electron chi connectivity index (χ4n) is 5.63. The van der Waals surface area contributed by atoms with Gasteiger partial charge in [0.1, 0.15) is 11.5 Å². The van der Waals surface area contributed by atoms with Crippen LogP contribution in [-0.4, -0.2) is 21.3 Å². The molecular formula is C28H31F2N3O2. The quantitative estimate of drug-likeness (QED) is 0.506. The Balaban J connectivity index is 1.56. The molecule has 1 aliphatic heterocycles. The van der Waals surface area contributed by atoms with Crippen molar-refractivity contribution in [1.29, 1.82) is 0 Å². The number of hydrogen-bond donors (Lipinski definition) is 1. The summed E-state index contributed by atoms with van der Waals surface area (Å²) in [5.41, 5.74) is 11.6. The lowest BCUT2D eigenvalue weighted by molar-refractivity contribution is -0.111. The molecule has 0 aromatic carbocycles. The average molecular weight is 480 g/mol. The molecule has 3 aliphatic rings. The molecule has 2 N–H and O–H groups in total. The molecule has 5 rings (SSSR count). The first-order valence-corrected chi connectivity index (χ1v) is 12.2. The van der Waals surface area contributed by atoms with Crippen molar-refractivity contribution < 1.29 is 18.3 Å². The number of rotatable bonds is 5. The predicted octanol–water partition coefficient (Wildman–Crippen LogP) is 6.37. The van der Waals surface area contributed by atoms with E-state index >= 15 is 0 Å². The zero-order chi connectivity index (χ0) is 24.9. The molecule has 0 bridgehead atoms. The molecule has 1 unspecified atom stereocenters. The molecule has 5 nitrogen and oxygen atoms in total. The highest BCUT2D eigenvalue weighted by atomic mass is 19.3. The Morgan fingerprint density at radius 2 is 2.06 bits per heavy atom. The summed E-state index contributed by atoms with van der Waals surface area (Å²) in [5.74, 6) is -0.817. The van der Waals surface area contributed by atoms with E-state index < -0.39 is 5.92 Å². The number of Topliss-reactive ketones (excluding diaryl/α,β-unsaturated/α-hetero) is 1. The van der Waals surface area contributed by atoms with E-state index in [1.165, 1.54) is 12.5 Å². The lowest BCUT2D eigenvalue weighted by atomic mass is 9.86. The molecule has 3 heterocycles. The summed E-state index contributed by atoms with van der Waals surface area (Å²) >= 11 is 0. The van der Waals surface area contributed by atoms with E-state index in [0.29, 0.717) is 36.2 Å². The van der Waals surface area contributed by atoms with E-state index in [9.17, 15) is 13.6 Å². The van der Waals surface area contributed by atoms with Crippen LogP contribution in [0.1, 0.15) is 69.4 Å². The molecule has 2 aromatic rings. The van der Waals surface area contributed by atoms with E-state index in [1.807, 2.05) is 6.07 Å². The zero-order valence-corrected chi connectivity index (χ0v) is 20.2. The molecule has 2 fully saturated rings. The first kappa shape index (κ1) is 23.5. The first-order chi connectivity index (χ1) is 16.6. The molecule has 0 spiro atoms. The highest BCUT2D eigenvalue weighted by Gasteiger charge is 2.35. The third-order valence-corrected chi connectivity index (χ3v) is 7.40. The molecule has 1 saturated carbocycles. The zero-order valence-electron chi connectivity index (χ0n) is 20.2. The van der Waals surface area contributed by atoms with E-state index in [4.69, 9.17) is 15.5 Å². The number of carbonyl (C=O) groups excluding carboxylic acids is 1. The summed E-state index contributed by atoms with van der Waals surface area (Å²) in [6, 6.07) is 1.96. The van der Waals surface area contributed by atoms with Crippen molar-refractivity contribution in [1.82, 2.24) is 9.55 Å². The topological polar surface area (TPSA) is 70.1 Å². The lowest BCUT2D eigenvalue weighted by Gasteiger charge is -2.28. The lowest BCUT2D eigenvalue weighted by Crippen LogP contribution is -2.26. The van der Waals surface area contributed by atoms with Crippen molar-refractivity contribution in [3.8, 4) is 0 Å². The Morgan fingerprint density at radius 3 is 2.74 bits per heavy atom. The van der Waals surface area contributed by atoms with Crippen LogP contribution in [0.4, 0.5) is 8.78 Å². The van der Waals surface area contributed by atoms with E-state index in [2.05, 4.69) is 29.5 Å². The molecular weight excluding hydrogens is 448 g/mol. The van der Waals surface area contributed by atoms with Crippen LogP contribution >= 0.6 is 0 Å². The molecule has 0 radical (unpaired) electrons. The maximum Gasteiger partial charge on any atom is 0.248 e. The van der Waals surface area contributed by atoms with Gasteiger partial charge in [-0.15, -0.1) is 0 Å². The van der Waals surface area contributed by atoms with Crippen molar-refractivity contribution in [2.75, 3.05) is 0 Å². The second kappa shape index (κ2) is 8.77.